The molecule has 0 saturated heterocycles. The Balaban J connectivity index is 1.45. The molecule has 9 heteroatoms. The highest BCUT2D eigenvalue weighted by atomic mass is 19.1. The number of benzene rings is 2. The minimum atomic E-state index is -0.568. The first kappa shape index (κ1) is 23.7. The predicted octanol–water partition coefficient (Wildman–Crippen LogP) is 3.02. The third-order valence-corrected chi connectivity index (χ3v) is 6.79. The molecule has 5 rings (SSSR count). The SMILES string of the molecule is O=C(Cn1c(=O)c2c(ncn2C2CCCC2)n(Cc2ccccc2)c1=O)NCCc1ccc(F)cc1. The maximum atomic E-state index is 13.5. The van der Waals surface area contributed by atoms with Gasteiger partial charge in [-0.2, -0.15) is 0 Å². The summed E-state index contributed by atoms with van der Waals surface area (Å²) >= 11 is 0. The van der Waals surface area contributed by atoms with Crippen molar-refractivity contribution < 1.29 is 9.18 Å². The van der Waals surface area contributed by atoms with Gasteiger partial charge in [0, 0.05) is 12.6 Å². The Morgan fingerprint density at radius 1 is 0.972 bits per heavy atom. The van der Waals surface area contributed by atoms with Crippen molar-refractivity contribution >= 4 is 17.1 Å². The van der Waals surface area contributed by atoms with Crippen molar-refractivity contribution in [3.8, 4) is 0 Å². The van der Waals surface area contributed by atoms with Crippen LogP contribution in [0.4, 0.5) is 4.39 Å². The molecule has 1 aliphatic rings. The van der Waals surface area contributed by atoms with Gasteiger partial charge in [0.25, 0.3) is 5.56 Å². The van der Waals surface area contributed by atoms with E-state index >= 15 is 0 Å². The smallest absolute Gasteiger partial charge is 0.333 e. The third kappa shape index (κ3) is 4.86. The van der Waals surface area contributed by atoms with Crippen LogP contribution in [0.3, 0.4) is 0 Å². The van der Waals surface area contributed by atoms with Crippen LogP contribution < -0.4 is 16.6 Å². The zero-order chi connectivity index (χ0) is 25.1. The normalized spacial score (nSPS) is 13.9. The van der Waals surface area contributed by atoms with E-state index in [1.54, 1.807) is 18.5 Å². The van der Waals surface area contributed by atoms with Crippen molar-refractivity contribution in [3.05, 3.63) is 98.7 Å². The number of hydrogen-bond donors (Lipinski definition) is 1. The Morgan fingerprint density at radius 2 is 1.69 bits per heavy atom. The highest BCUT2D eigenvalue weighted by molar-refractivity contribution is 5.76. The van der Waals surface area contributed by atoms with Crippen LogP contribution in [-0.4, -0.2) is 31.1 Å². The van der Waals surface area contributed by atoms with Crippen LogP contribution in [-0.2, 0) is 24.3 Å². The number of nitrogens with one attached hydrogen (secondary N) is 1. The fourth-order valence-electron chi connectivity index (χ4n) is 4.91. The van der Waals surface area contributed by atoms with Crippen molar-refractivity contribution in [1.29, 1.82) is 0 Å². The topological polar surface area (TPSA) is 90.9 Å². The van der Waals surface area contributed by atoms with Gasteiger partial charge in [0.05, 0.1) is 12.9 Å². The Kier molecular flexibility index (Phi) is 6.79. The number of amides is 1. The van der Waals surface area contributed by atoms with E-state index in [0.717, 1.165) is 41.4 Å². The monoisotopic (exact) mass is 489 g/mol. The summed E-state index contributed by atoms with van der Waals surface area (Å²) in [6.07, 6.45) is 6.22. The van der Waals surface area contributed by atoms with Gasteiger partial charge in [0.2, 0.25) is 5.91 Å². The minimum Gasteiger partial charge on any atom is -0.354 e. The van der Waals surface area contributed by atoms with Crippen LogP contribution in [0.1, 0.15) is 42.9 Å². The molecule has 1 N–H and O–H groups in total. The van der Waals surface area contributed by atoms with Crippen LogP contribution in [0.2, 0.25) is 0 Å². The average molecular weight is 490 g/mol. The summed E-state index contributed by atoms with van der Waals surface area (Å²) in [5, 5.41) is 2.77. The van der Waals surface area contributed by atoms with Gasteiger partial charge in [-0.3, -0.25) is 14.2 Å². The Hall–Kier alpha value is -4.01. The molecule has 4 aromatic rings. The number of halogens is 1. The summed E-state index contributed by atoms with van der Waals surface area (Å²) in [5.41, 5.74) is 1.40. The van der Waals surface area contributed by atoms with E-state index in [1.807, 2.05) is 34.9 Å². The first-order chi connectivity index (χ1) is 17.5. The number of fused-ring (bicyclic) bond motifs is 1. The van der Waals surface area contributed by atoms with E-state index in [9.17, 15) is 18.8 Å². The standard InChI is InChI=1S/C27H28FN5O3/c28-21-12-10-19(11-13-21)14-15-29-23(34)17-32-26(35)24-25(30-18-33(24)22-8-4-5-9-22)31(27(32)36)16-20-6-2-1-3-7-20/h1-3,6-7,10-13,18,22H,4-5,8-9,14-17H2,(H,29,34). The molecule has 0 unspecified atom stereocenters. The number of carbonyl (C=O) groups is 1. The number of aromatic nitrogens is 4. The summed E-state index contributed by atoms with van der Waals surface area (Å²) < 4.78 is 17.5. The zero-order valence-electron chi connectivity index (χ0n) is 19.9. The number of rotatable bonds is 8. The number of nitrogens with zero attached hydrogens (tertiary/aromatic N) is 4. The lowest BCUT2D eigenvalue weighted by Crippen LogP contribution is -2.44. The summed E-state index contributed by atoms with van der Waals surface area (Å²) in [7, 11) is 0. The number of imidazole rings is 1. The summed E-state index contributed by atoms with van der Waals surface area (Å²) in [5.74, 6) is -0.755. The molecule has 0 bridgehead atoms. The maximum Gasteiger partial charge on any atom is 0.333 e. The van der Waals surface area contributed by atoms with Gasteiger partial charge in [0.15, 0.2) is 11.2 Å². The Bertz CT molecular complexity index is 1480. The second-order valence-electron chi connectivity index (χ2n) is 9.23. The second-order valence-corrected chi connectivity index (χ2v) is 9.23. The maximum absolute atomic E-state index is 13.5. The fraction of sp³-hybridized carbons (Fsp3) is 0.333. The highest BCUT2D eigenvalue weighted by Gasteiger charge is 2.24. The minimum absolute atomic E-state index is 0.156. The molecule has 2 aromatic carbocycles. The molecule has 0 aliphatic heterocycles. The van der Waals surface area contributed by atoms with E-state index in [0.29, 0.717) is 24.1 Å². The third-order valence-electron chi connectivity index (χ3n) is 6.79. The molecule has 0 radical (unpaired) electrons. The van der Waals surface area contributed by atoms with Gasteiger partial charge in [0.1, 0.15) is 12.4 Å². The van der Waals surface area contributed by atoms with Gasteiger partial charge in [-0.25, -0.2) is 18.7 Å². The molecule has 1 amide bonds. The van der Waals surface area contributed by atoms with Crippen molar-refractivity contribution in [2.24, 2.45) is 0 Å². The largest absolute Gasteiger partial charge is 0.354 e. The van der Waals surface area contributed by atoms with E-state index in [1.165, 1.54) is 16.7 Å². The van der Waals surface area contributed by atoms with Gasteiger partial charge in [-0.1, -0.05) is 55.3 Å². The van der Waals surface area contributed by atoms with Crippen molar-refractivity contribution in [2.45, 2.75) is 51.2 Å². The molecule has 2 aromatic heterocycles. The summed E-state index contributed by atoms with van der Waals surface area (Å²) in [6, 6.07) is 15.7. The molecule has 1 aliphatic carbocycles. The molecule has 0 spiro atoms. The van der Waals surface area contributed by atoms with Crippen LogP contribution in [0, 0.1) is 5.82 Å². The number of hydrogen-bond acceptors (Lipinski definition) is 4. The second kappa shape index (κ2) is 10.3. The average Bonchev–Trinajstić information content (AvgIpc) is 3.57. The zero-order valence-corrected chi connectivity index (χ0v) is 19.9. The molecule has 1 saturated carbocycles. The van der Waals surface area contributed by atoms with E-state index in [4.69, 9.17) is 0 Å². The molecule has 36 heavy (non-hydrogen) atoms. The van der Waals surface area contributed by atoms with E-state index in [2.05, 4.69) is 10.3 Å². The molecule has 2 heterocycles. The Labute approximate surface area is 207 Å². The molecule has 1 fully saturated rings. The van der Waals surface area contributed by atoms with Crippen molar-refractivity contribution in [2.75, 3.05) is 6.54 Å². The quantitative estimate of drug-likeness (QED) is 0.412. The van der Waals surface area contributed by atoms with Gasteiger partial charge in [-0.05, 0) is 42.5 Å². The lowest BCUT2D eigenvalue weighted by molar-refractivity contribution is -0.121. The molecular formula is C27H28FN5O3. The van der Waals surface area contributed by atoms with Crippen LogP contribution in [0.15, 0.2) is 70.5 Å². The van der Waals surface area contributed by atoms with Crippen LogP contribution >= 0.6 is 0 Å². The first-order valence-corrected chi connectivity index (χ1v) is 12.3. The lowest BCUT2D eigenvalue weighted by atomic mass is 10.1. The molecule has 0 atom stereocenters. The lowest BCUT2D eigenvalue weighted by Gasteiger charge is -2.15. The fourth-order valence-corrected chi connectivity index (χ4v) is 4.91. The van der Waals surface area contributed by atoms with Crippen LogP contribution in [0.5, 0.6) is 0 Å². The molecular weight excluding hydrogens is 461 g/mol. The van der Waals surface area contributed by atoms with Gasteiger partial charge in [-0.15, -0.1) is 0 Å². The van der Waals surface area contributed by atoms with E-state index < -0.39 is 17.2 Å². The summed E-state index contributed by atoms with van der Waals surface area (Å²) in [6.45, 7) is 0.158. The summed E-state index contributed by atoms with van der Waals surface area (Å²) in [4.78, 5) is 44.2. The van der Waals surface area contributed by atoms with Crippen molar-refractivity contribution in [3.63, 3.8) is 0 Å². The van der Waals surface area contributed by atoms with Crippen molar-refractivity contribution in [1.82, 2.24) is 24.0 Å². The van der Waals surface area contributed by atoms with Gasteiger partial charge < -0.3 is 9.88 Å². The molecule has 8 nitrogen and oxygen atoms in total. The van der Waals surface area contributed by atoms with Crippen LogP contribution in [0.25, 0.3) is 11.2 Å². The van der Waals surface area contributed by atoms with Gasteiger partial charge >= 0.3 is 5.69 Å². The molecule has 186 valence electrons. The Morgan fingerprint density at radius 3 is 2.42 bits per heavy atom. The number of carbonyl (C=O) groups excluding carboxylic acids is 1. The predicted molar refractivity (Wildman–Crippen MR) is 134 cm³/mol. The first-order valence-electron chi connectivity index (χ1n) is 12.3. The highest BCUT2D eigenvalue weighted by Crippen LogP contribution is 2.31. The van der Waals surface area contributed by atoms with E-state index in [-0.39, 0.29) is 24.9 Å².